The fraction of sp³-hybridized carbons (Fsp3) is 0.0476. The van der Waals surface area contributed by atoms with Gasteiger partial charge in [-0.25, -0.2) is 0 Å². The van der Waals surface area contributed by atoms with Gasteiger partial charge >= 0.3 is 0 Å². The molecular weight excluding hydrogens is 504 g/mol. The minimum absolute atomic E-state index is 0.921. The van der Waals surface area contributed by atoms with Crippen LogP contribution in [0.15, 0.2) is 133 Å². The van der Waals surface area contributed by atoms with Crippen LogP contribution in [0.25, 0.3) is 79.2 Å². The third-order valence-corrected chi connectivity index (χ3v) is 8.66. The molecule has 0 heterocycles. The van der Waals surface area contributed by atoms with E-state index < -0.39 is 0 Å². The van der Waals surface area contributed by atoms with Crippen LogP contribution in [-0.4, -0.2) is 0 Å². The van der Waals surface area contributed by atoms with E-state index in [1.54, 1.807) is 0 Å². The molecule has 198 valence electrons. The van der Waals surface area contributed by atoms with Crippen molar-refractivity contribution >= 4 is 45.8 Å². The van der Waals surface area contributed by atoms with Crippen molar-refractivity contribution in [1.82, 2.24) is 0 Å². The molecule has 0 heteroatoms. The molecule has 0 saturated heterocycles. The number of fused-ring (bicyclic) bond motifs is 4. The summed E-state index contributed by atoms with van der Waals surface area (Å²) in [6.07, 6.45) is 20.3. The summed E-state index contributed by atoms with van der Waals surface area (Å²) in [5.74, 6) is 0. The predicted octanol–water partition coefficient (Wildman–Crippen LogP) is 11.9. The van der Waals surface area contributed by atoms with Crippen LogP contribution in [0.4, 0.5) is 0 Å². The first-order chi connectivity index (χ1) is 20.9. The Balaban J connectivity index is 1.56. The molecule has 6 aromatic rings. The van der Waals surface area contributed by atoms with E-state index in [4.69, 9.17) is 0 Å². The van der Waals surface area contributed by atoms with E-state index in [-0.39, 0.29) is 0 Å². The third kappa shape index (κ3) is 4.07. The molecule has 0 saturated carbocycles. The van der Waals surface area contributed by atoms with Crippen LogP contribution in [0.3, 0.4) is 0 Å². The Morgan fingerprint density at radius 2 is 1.02 bits per heavy atom. The molecule has 0 amide bonds. The molecule has 0 N–H and O–H groups in total. The van der Waals surface area contributed by atoms with Gasteiger partial charge in [-0.2, -0.15) is 0 Å². The van der Waals surface area contributed by atoms with Gasteiger partial charge in [0.15, 0.2) is 0 Å². The second kappa shape index (κ2) is 10.3. The Morgan fingerprint density at radius 3 is 1.86 bits per heavy atom. The van der Waals surface area contributed by atoms with Crippen molar-refractivity contribution in [3.8, 4) is 33.4 Å². The average molecular weight is 535 g/mol. The number of hydrogen-bond donors (Lipinski definition) is 0. The summed E-state index contributed by atoms with van der Waals surface area (Å²) >= 11 is 0. The molecule has 0 spiro atoms. The molecule has 2 aliphatic carbocycles. The van der Waals surface area contributed by atoms with Crippen molar-refractivity contribution in [1.29, 1.82) is 0 Å². The molecular formula is C42H30. The lowest BCUT2D eigenvalue weighted by Gasteiger charge is -2.23. The molecule has 0 fully saturated rings. The Labute approximate surface area is 247 Å². The van der Waals surface area contributed by atoms with Gasteiger partial charge in [0.1, 0.15) is 0 Å². The summed E-state index contributed by atoms with van der Waals surface area (Å²) in [5.41, 5.74) is 12.8. The van der Waals surface area contributed by atoms with E-state index >= 15 is 0 Å². The third-order valence-electron chi connectivity index (χ3n) is 8.66. The van der Waals surface area contributed by atoms with Crippen LogP contribution >= 0.6 is 0 Å². The van der Waals surface area contributed by atoms with E-state index in [0.29, 0.717) is 0 Å². The summed E-state index contributed by atoms with van der Waals surface area (Å²) < 4.78 is 0. The molecule has 0 nitrogen and oxygen atoms in total. The van der Waals surface area contributed by atoms with Crippen LogP contribution in [0.1, 0.15) is 35.1 Å². The summed E-state index contributed by atoms with van der Waals surface area (Å²) in [6, 6.07) is 40.1. The monoisotopic (exact) mass is 534 g/mol. The predicted molar refractivity (Wildman–Crippen MR) is 183 cm³/mol. The molecule has 0 radical (unpaired) electrons. The van der Waals surface area contributed by atoms with Crippen molar-refractivity contribution in [2.75, 3.05) is 0 Å². The van der Waals surface area contributed by atoms with Gasteiger partial charge in [-0.05, 0) is 96.1 Å². The zero-order chi connectivity index (χ0) is 27.9. The fourth-order valence-corrected chi connectivity index (χ4v) is 6.75. The van der Waals surface area contributed by atoms with E-state index in [9.17, 15) is 0 Å². The van der Waals surface area contributed by atoms with Gasteiger partial charge in [-0.1, -0.05) is 152 Å². The van der Waals surface area contributed by atoms with Gasteiger partial charge in [-0.3, -0.25) is 0 Å². The first-order valence-corrected chi connectivity index (χ1v) is 14.8. The standard InChI is InChI=1S/C42H30/c1-4-14-29(15-5-1)32-26-27-39-40(28-32)42(36-25-13-19-31-17-10-11-21-34(31)36)38-23-9-3-8-22-37(38)41(39)35-24-12-18-30-16-6-2-7-20-33(30)35/h1,4-28H,2-3H2. The molecule has 2 aliphatic rings. The minimum Gasteiger partial charge on any atom is -0.0801 e. The van der Waals surface area contributed by atoms with Crippen LogP contribution in [0, 0.1) is 0 Å². The molecule has 0 bridgehead atoms. The molecule has 42 heavy (non-hydrogen) atoms. The maximum Gasteiger partial charge on any atom is -0.00200 e. The van der Waals surface area contributed by atoms with Crippen molar-refractivity contribution in [3.63, 3.8) is 0 Å². The Morgan fingerprint density at radius 1 is 0.381 bits per heavy atom. The topological polar surface area (TPSA) is 0 Å². The van der Waals surface area contributed by atoms with Gasteiger partial charge < -0.3 is 0 Å². The van der Waals surface area contributed by atoms with Gasteiger partial charge in [0.2, 0.25) is 0 Å². The lowest BCUT2D eigenvalue weighted by atomic mass is 9.80. The zero-order valence-corrected chi connectivity index (χ0v) is 23.4. The second-order valence-corrected chi connectivity index (χ2v) is 11.1. The Bertz CT molecular complexity index is 2110. The maximum atomic E-state index is 2.42. The van der Waals surface area contributed by atoms with Crippen molar-refractivity contribution < 1.29 is 0 Å². The van der Waals surface area contributed by atoms with Crippen LogP contribution < -0.4 is 0 Å². The molecule has 0 aromatic heterocycles. The molecule has 0 atom stereocenters. The minimum atomic E-state index is 0.921. The van der Waals surface area contributed by atoms with Crippen molar-refractivity contribution in [3.05, 3.63) is 156 Å². The first-order valence-electron chi connectivity index (χ1n) is 14.8. The number of benzene rings is 6. The Kier molecular flexibility index (Phi) is 6.04. The van der Waals surface area contributed by atoms with Crippen molar-refractivity contribution in [2.45, 2.75) is 12.8 Å². The molecule has 0 aliphatic heterocycles. The van der Waals surface area contributed by atoms with Crippen LogP contribution in [0.5, 0.6) is 0 Å². The highest BCUT2D eigenvalue weighted by Crippen LogP contribution is 2.48. The zero-order valence-electron chi connectivity index (χ0n) is 23.4. The van der Waals surface area contributed by atoms with E-state index in [0.717, 1.165) is 12.8 Å². The summed E-state index contributed by atoms with van der Waals surface area (Å²) in [6.45, 7) is 0. The van der Waals surface area contributed by atoms with Crippen molar-refractivity contribution in [2.24, 2.45) is 0 Å². The Hall–Kier alpha value is -5.20. The molecule has 8 rings (SSSR count). The number of allylic oxidation sites excluding steroid dienone is 4. The van der Waals surface area contributed by atoms with Gasteiger partial charge in [0, 0.05) is 0 Å². The van der Waals surface area contributed by atoms with Gasteiger partial charge in [-0.15, -0.1) is 0 Å². The maximum absolute atomic E-state index is 2.42. The summed E-state index contributed by atoms with van der Waals surface area (Å²) in [4.78, 5) is 0. The average Bonchev–Trinajstić information content (AvgIpc) is 3.45. The van der Waals surface area contributed by atoms with E-state index in [2.05, 4.69) is 158 Å². The number of rotatable bonds is 3. The smallest absolute Gasteiger partial charge is 0.00200 e. The van der Waals surface area contributed by atoms with Crippen LogP contribution in [0.2, 0.25) is 0 Å². The molecule has 0 unspecified atom stereocenters. The highest BCUT2D eigenvalue weighted by Gasteiger charge is 2.23. The summed E-state index contributed by atoms with van der Waals surface area (Å²) in [7, 11) is 0. The van der Waals surface area contributed by atoms with E-state index in [1.807, 2.05) is 0 Å². The molecule has 6 aromatic carbocycles. The largest absolute Gasteiger partial charge is 0.0801 e. The van der Waals surface area contributed by atoms with Gasteiger partial charge in [0.25, 0.3) is 0 Å². The van der Waals surface area contributed by atoms with Gasteiger partial charge in [0.05, 0.1) is 0 Å². The first kappa shape index (κ1) is 24.6. The normalized spacial score (nSPS) is 13.6. The fourth-order valence-electron chi connectivity index (χ4n) is 6.75. The van der Waals surface area contributed by atoms with E-state index in [1.165, 1.54) is 77.2 Å². The highest BCUT2D eigenvalue weighted by atomic mass is 14.3. The highest BCUT2D eigenvalue weighted by molar-refractivity contribution is 6.16. The second-order valence-electron chi connectivity index (χ2n) is 11.1. The lowest BCUT2D eigenvalue weighted by Crippen LogP contribution is -1.99. The summed E-state index contributed by atoms with van der Waals surface area (Å²) in [5, 5.41) is 5.11. The SMILES string of the molecule is C1=Cc2cccc(-c3c4c(c(-c5cccc6ccccc56)c5cc(-c6ccccc6)ccc35)C=CCC=C4)c2C=CC1. The lowest BCUT2D eigenvalue weighted by molar-refractivity contribution is 1.44. The quantitative estimate of drug-likeness (QED) is 0.212. The van der Waals surface area contributed by atoms with Crippen LogP contribution in [-0.2, 0) is 0 Å². The number of hydrogen-bond acceptors (Lipinski definition) is 0.